The van der Waals surface area contributed by atoms with Crippen molar-refractivity contribution in [1.82, 2.24) is 19.9 Å². The molecule has 3 aromatic heterocycles. The molecule has 2 aromatic carbocycles. The van der Waals surface area contributed by atoms with Crippen molar-refractivity contribution in [1.29, 1.82) is 0 Å². The summed E-state index contributed by atoms with van der Waals surface area (Å²) >= 11 is 7.31. The predicted octanol–water partition coefficient (Wildman–Crippen LogP) is 5.54. The number of nitrogens with zero attached hydrogens (tertiary/aromatic N) is 4. The second-order valence-electron chi connectivity index (χ2n) is 8.20. The van der Waals surface area contributed by atoms with Gasteiger partial charge in [-0.1, -0.05) is 28.9 Å². The number of aromatic nitrogens is 4. The van der Waals surface area contributed by atoms with Crippen molar-refractivity contribution in [2.75, 3.05) is 21.3 Å². The Morgan fingerprint density at radius 1 is 1.05 bits per heavy atom. The molecular formula is C26H23ClN4O6S. The van der Waals surface area contributed by atoms with Crippen LogP contribution in [0.15, 0.2) is 47.0 Å². The van der Waals surface area contributed by atoms with Crippen molar-refractivity contribution in [3.8, 4) is 28.6 Å². The molecular weight excluding hydrogens is 532 g/mol. The Morgan fingerprint density at radius 2 is 1.76 bits per heavy atom. The molecule has 0 spiro atoms. The number of rotatable bonds is 9. The Kier molecular flexibility index (Phi) is 7.21. The normalized spacial score (nSPS) is 11.1. The van der Waals surface area contributed by atoms with Crippen LogP contribution < -0.4 is 14.2 Å². The molecule has 38 heavy (non-hydrogen) atoms. The van der Waals surface area contributed by atoms with Crippen LogP contribution in [0.5, 0.6) is 17.2 Å². The van der Waals surface area contributed by atoms with Crippen LogP contribution in [-0.4, -0.2) is 47.2 Å². The largest absolute Gasteiger partial charge is 0.493 e. The van der Waals surface area contributed by atoms with Gasteiger partial charge in [-0.15, -0.1) is 11.3 Å². The molecule has 0 fully saturated rings. The number of ether oxygens (including phenoxy) is 4. The van der Waals surface area contributed by atoms with Gasteiger partial charge in [0.05, 0.1) is 33.6 Å². The van der Waals surface area contributed by atoms with Crippen LogP contribution in [0, 0.1) is 6.92 Å². The minimum Gasteiger partial charge on any atom is -0.493 e. The van der Waals surface area contributed by atoms with Crippen LogP contribution in [-0.2, 0) is 17.9 Å². The molecule has 0 radical (unpaired) electrons. The van der Waals surface area contributed by atoms with Crippen LogP contribution >= 0.6 is 22.9 Å². The number of carbonyl (C=O) groups is 1. The van der Waals surface area contributed by atoms with Crippen molar-refractivity contribution >= 4 is 39.1 Å². The average molecular weight is 555 g/mol. The predicted molar refractivity (Wildman–Crippen MR) is 141 cm³/mol. The maximum absolute atomic E-state index is 12.8. The van der Waals surface area contributed by atoms with E-state index >= 15 is 0 Å². The zero-order chi connectivity index (χ0) is 26.8. The Bertz CT molecular complexity index is 1580. The fourth-order valence-electron chi connectivity index (χ4n) is 3.92. The van der Waals surface area contributed by atoms with E-state index in [0.717, 1.165) is 21.5 Å². The topological polar surface area (TPSA) is 111 Å². The van der Waals surface area contributed by atoms with Crippen LogP contribution in [0.4, 0.5) is 0 Å². The molecule has 0 saturated carbocycles. The third-order valence-electron chi connectivity index (χ3n) is 5.77. The zero-order valence-electron chi connectivity index (χ0n) is 21.0. The molecule has 0 bridgehead atoms. The number of halogens is 1. The van der Waals surface area contributed by atoms with Gasteiger partial charge in [-0.3, -0.25) is 4.68 Å². The number of carbonyl (C=O) groups excluding carboxylic acids is 1. The van der Waals surface area contributed by atoms with Crippen LogP contribution in [0.1, 0.15) is 26.8 Å². The summed E-state index contributed by atoms with van der Waals surface area (Å²) in [5.74, 6) is 1.30. The minimum absolute atomic E-state index is 0.147. The quantitative estimate of drug-likeness (QED) is 0.217. The molecule has 0 aliphatic rings. The number of methoxy groups -OCH3 is 3. The van der Waals surface area contributed by atoms with Crippen molar-refractivity contribution in [3.63, 3.8) is 0 Å². The van der Waals surface area contributed by atoms with E-state index in [1.165, 1.54) is 32.7 Å². The summed E-state index contributed by atoms with van der Waals surface area (Å²) in [6.45, 7) is 2.29. The lowest BCUT2D eigenvalue weighted by Crippen LogP contribution is -2.04. The molecule has 5 rings (SSSR count). The summed E-state index contributed by atoms with van der Waals surface area (Å²) in [5.41, 5.74) is 2.47. The number of hydrogen-bond donors (Lipinski definition) is 0. The SMILES string of the molecule is COc1cc(-c2noc(COC(=O)c3cc4c(C)nn(Cc5ccc(Cl)cc5)c4s3)n2)cc(OC)c1OC. The van der Waals surface area contributed by atoms with E-state index < -0.39 is 5.97 Å². The van der Waals surface area contributed by atoms with E-state index in [0.29, 0.717) is 39.3 Å². The lowest BCUT2D eigenvalue weighted by molar-refractivity contribution is 0.0435. The van der Waals surface area contributed by atoms with Gasteiger partial charge in [-0.05, 0) is 42.8 Å². The second-order valence-corrected chi connectivity index (χ2v) is 9.67. The van der Waals surface area contributed by atoms with Gasteiger partial charge in [-0.25, -0.2) is 4.79 Å². The Labute approximate surface area is 226 Å². The van der Waals surface area contributed by atoms with E-state index in [1.54, 1.807) is 18.2 Å². The molecule has 196 valence electrons. The zero-order valence-corrected chi connectivity index (χ0v) is 22.6. The van der Waals surface area contributed by atoms with Crippen LogP contribution in [0.2, 0.25) is 5.02 Å². The average Bonchev–Trinajstić information content (AvgIpc) is 3.65. The third kappa shape index (κ3) is 5.02. The van der Waals surface area contributed by atoms with E-state index in [1.807, 2.05) is 35.9 Å². The summed E-state index contributed by atoms with van der Waals surface area (Å²) < 4.78 is 28.7. The summed E-state index contributed by atoms with van der Waals surface area (Å²) in [6, 6.07) is 12.8. The van der Waals surface area contributed by atoms with Gasteiger partial charge >= 0.3 is 5.97 Å². The summed E-state index contributed by atoms with van der Waals surface area (Å²) in [7, 11) is 4.56. The highest BCUT2D eigenvalue weighted by atomic mass is 35.5. The van der Waals surface area contributed by atoms with E-state index in [2.05, 4.69) is 15.2 Å². The first-order valence-electron chi connectivity index (χ1n) is 11.4. The third-order valence-corrected chi connectivity index (χ3v) is 7.15. The molecule has 0 amide bonds. The van der Waals surface area contributed by atoms with Crippen molar-refractivity contribution < 1.29 is 28.3 Å². The van der Waals surface area contributed by atoms with E-state index in [4.69, 9.17) is 35.1 Å². The molecule has 10 nitrogen and oxygen atoms in total. The monoisotopic (exact) mass is 554 g/mol. The Morgan fingerprint density at radius 3 is 2.42 bits per heavy atom. The maximum atomic E-state index is 12.8. The van der Waals surface area contributed by atoms with E-state index in [-0.39, 0.29) is 18.3 Å². The van der Waals surface area contributed by atoms with Gasteiger partial charge in [0, 0.05) is 16.0 Å². The molecule has 0 N–H and O–H groups in total. The van der Waals surface area contributed by atoms with Crippen molar-refractivity contribution in [2.24, 2.45) is 0 Å². The molecule has 5 aromatic rings. The highest BCUT2D eigenvalue weighted by molar-refractivity contribution is 7.20. The molecule has 0 saturated heterocycles. The van der Waals surface area contributed by atoms with Crippen molar-refractivity contribution in [2.45, 2.75) is 20.1 Å². The number of benzene rings is 2. The minimum atomic E-state index is -0.490. The molecule has 3 heterocycles. The Hall–Kier alpha value is -4.09. The van der Waals surface area contributed by atoms with Gasteiger partial charge in [0.15, 0.2) is 18.1 Å². The molecule has 0 unspecified atom stereocenters. The van der Waals surface area contributed by atoms with Gasteiger partial charge < -0.3 is 23.5 Å². The first kappa shape index (κ1) is 25.6. The van der Waals surface area contributed by atoms with Crippen molar-refractivity contribution in [3.05, 3.63) is 69.5 Å². The lowest BCUT2D eigenvalue weighted by Gasteiger charge is -2.12. The highest BCUT2D eigenvalue weighted by Gasteiger charge is 2.20. The molecule has 0 aliphatic heterocycles. The van der Waals surface area contributed by atoms with Gasteiger partial charge in [0.25, 0.3) is 5.89 Å². The lowest BCUT2D eigenvalue weighted by atomic mass is 10.1. The van der Waals surface area contributed by atoms with Crippen LogP contribution in [0.25, 0.3) is 21.6 Å². The van der Waals surface area contributed by atoms with Crippen LogP contribution in [0.3, 0.4) is 0 Å². The summed E-state index contributed by atoms with van der Waals surface area (Å²) in [6.07, 6.45) is 0. The van der Waals surface area contributed by atoms with E-state index in [9.17, 15) is 4.79 Å². The summed E-state index contributed by atoms with van der Waals surface area (Å²) in [5, 5.41) is 10.2. The maximum Gasteiger partial charge on any atom is 0.348 e. The molecule has 0 atom stereocenters. The van der Waals surface area contributed by atoms with Gasteiger partial charge in [0.1, 0.15) is 9.71 Å². The fraction of sp³-hybridized carbons (Fsp3) is 0.231. The number of esters is 1. The number of hydrogen-bond acceptors (Lipinski definition) is 10. The first-order valence-corrected chi connectivity index (χ1v) is 12.6. The van der Waals surface area contributed by atoms with Gasteiger partial charge in [-0.2, -0.15) is 10.1 Å². The Balaban J connectivity index is 1.30. The molecule has 0 aliphatic carbocycles. The smallest absolute Gasteiger partial charge is 0.348 e. The highest BCUT2D eigenvalue weighted by Crippen LogP contribution is 2.40. The first-order chi connectivity index (χ1) is 18.4. The second kappa shape index (κ2) is 10.7. The summed E-state index contributed by atoms with van der Waals surface area (Å²) in [4.78, 5) is 18.5. The number of aryl methyl sites for hydroxylation is 1. The standard InChI is InChI=1S/C26H23ClN4O6S/c1-14-18-11-21(38-25(18)31(29-14)12-15-5-7-17(27)8-6-15)26(32)36-13-22-28-24(30-37-22)16-9-19(33-2)23(35-4)20(10-16)34-3/h5-11H,12-13H2,1-4H3. The molecule has 12 heteroatoms. The number of thiophene rings is 1. The fourth-order valence-corrected chi connectivity index (χ4v) is 5.10. The van der Waals surface area contributed by atoms with Gasteiger partial charge in [0.2, 0.25) is 11.6 Å². The number of fused-ring (bicyclic) bond motifs is 1.